The maximum atomic E-state index is 14.7. The molecule has 12 heteroatoms. The molecule has 3 aliphatic rings. The second-order valence-electron chi connectivity index (χ2n) is 15.3. The van der Waals surface area contributed by atoms with E-state index in [1.807, 2.05) is 84.0 Å². The van der Waals surface area contributed by atoms with E-state index in [4.69, 9.17) is 9.57 Å². The van der Waals surface area contributed by atoms with Gasteiger partial charge in [0.25, 0.3) is 5.91 Å². The normalized spacial score (nSPS) is 23.5. The molecule has 1 spiro atoms. The van der Waals surface area contributed by atoms with Crippen LogP contribution in [0.3, 0.4) is 0 Å². The van der Waals surface area contributed by atoms with E-state index in [1.54, 1.807) is 7.11 Å². The summed E-state index contributed by atoms with van der Waals surface area (Å²) in [6.45, 7) is 11.4. The fraction of sp³-hybridized carbons (Fsp3) is 0.538. The third-order valence-electron chi connectivity index (χ3n) is 10.2. The highest BCUT2D eigenvalue weighted by Gasteiger charge is 2.56. The Morgan fingerprint density at radius 1 is 1.04 bits per heavy atom. The molecule has 0 aromatic heterocycles. The van der Waals surface area contributed by atoms with Gasteiger partial charge in [0.05, 0.1) is 25.4 Å². The van der Waals surface area contributed by atoms with E-state index in [0.717, 1.165) is 28.0 Å². The van der Waals surface area contributed by atoms with Crippen molar-refractivity contribution in [3.8, 4) is 5.75 Å². The maximum Gasteiger partial charge on any atom is 0.289 e. The van der Waals surface area contributed by atoms with Crippen molar-refractivity contribution >= 4 is 35.1 Å². The number of ketones is 1. The van der Waals surface area contributed by atoms with Gasteiger partial charge in [-0.05, 0) is 66.8 Å². The average molecular weight is 702 g/mol. The number of nitrogens with zero attached hydrogens (tertiary/aromatic N) is 2. The topological polar surface area (TPSA) is 156 Å². The van der Waals surface area contributed by atoms with Crippen molar-refractivity contribution < 1.29 is 33.5 Å². The minimum atomic E-state index is -1.07. The number of aryl methyl sites for hydroxylation is 2. The molecule has 5 rings (SSSR count). The number of oxime groups is 1. The molecule has 0 bridgehead atoms. The molecular formula is C39H51N5O7. The van der Waals surface area contributed by atoms with Crippen molar-refractivity contribution in [3.05, 3.63) is 64.7 Å². The minimum Gasteiger partial charge on any atom is -0.496 e. The lowest BCUT2D eigenvalue weighted by atomic mass is 9.85. The fourth-order valence-electron chi connectivity index (χ4n) is 7.45. The number of hydrogen-bond acceptors (Lipinski definition) is 8. The molecule has 1 aliphatic carbocycles. The average Bonchev–Trinajstić information content (AvgIpc) is 3.66. The third-order valence-corrected chi connectivity index (χ3v) is 10.2. The first-order chi connectivity index (χ1) is 24.1. The molecule has 2 heterocycles. The van der Waals surface area contributed by atoms with Crippen molar-refractivity contribution in [2.45, 2.75) is 103 Å². The zero-order chi connectivity index (χ0) is 37.2. The van der Waals surface area contributed by atoms with Gasteiger partial charge in [-0.15, -0.1) is 0 Å². The van der Waals surface area contributed by atoms with Gasteiger partial charge in [0, 0.05) is 31.4 Å². The molecule has 12 nitrogen and oxygen atoms in total. The van der Waals surface area contributed by atoms with Crippen LogP contribution in [-0.2, 0) is 28.8 Å². The van der Waals surface area contributed by atoms with E-state index >= 15 is 0 Å². The molecule has 0 radical (unpaired) electrons. The van der Waals surface area contributed by atoms with E-state index in [1.165, 1.54) is 11.9 Å². The highest BCUT2D eigenvalue weighted by Crippen LogP contribution is 2.48. The smallest absolute Gasteiger partial charge is 0.289 e. The molecule has 1 unspecified atom stereocenters. The first kappa shape index (κ1) is 37.5. The van der Waals surface area contributed by atoms with Crippen molar-refractivity contribution in [1.82, 2.24) is 20.9 Å². The number of carbonyl (C=O) groups excluding carboxylic acids is 5. The standard InChI is InChI=1S/C39H51N5O7/c1-9-13-28(31(45)36(48)40-7)41-35(47)30-20-39(19-29(43-51-39)25-16-22(2)32(50-8)23(3)17-25)21-44(30)37(49)33(38(4,5)6)42-34(46)27-18-26(27)24-14-11-10-12-15-24/h10-12,14-17,26-28,30,33H,9,13,18-21H2,1-8H3,(H,40,48)(H,41,47)(H,42,46)/t26?,27-,28+,30+,33-,39-/m1/s1. The highest BCUT2D eigenvalue weighted by molar-refractivity contribution is 6.38. The Morgan fingerprint density at radius 3 is 2.29 bits per heavy atom. The number of nitrogens with one attached hydrogen (secondary N) is 3. The molecule has 6 atom stereocenters. The third kappa shape index (κ3) is 7.94. The Kier molecular flexibility index (Phi) is 10.9. The van der Waals surface area contributed by atoms with Crippen LogP contribution in [-0.4, -0.2) is 84.5 Å². The summed E-state index contributed by atoms with van der Waals surface area (Å²) in [6, 6.07) is 10.7. The van der Waals surface area contributed by atoms with Gasteiger partial charge in [-0.1, -0.05) is 69.6 Å². The first-order valence-corrected chi connectivity index (χ1v) is 17.8. The molecule has 1 saturated carbocycles. The van der Waals surface area contributed by atoms with Crippen LogP contribution in [0.2, 0.25) is 0 Å². The Balaban J connectivity index is 1.42. The summed E-state index contributed by atoms with van der Waals surface area (Å²) in [4.78, 5) is 75.3. The maximum absolute atomic E-state index is 14.7. The SMILES string of the molecule is CCC[C@H](NC(=O)[C@@H]1C[C@]2(CC(c3cc(C)c(OC)c(C)c3)=NO2)CN1C(=O)[C@@H](NC(=O)[C@@H]1CC1c1ccccc1)C(C)(C)C)C(=O)C(=O)NC. The van der Waals surface area contributed by atoms with E-state index < -0.39 is 52.6 Å². The quantitative estimate of drug-likeness (QED) is 0.285. The second-order valence-corrected chi connectivity index (χ2v) is 15.3. The van der Waals surface area contributed by atoms with Gasteiger partial charge in [0.1, 0.15) is 17.8 Å². The van der Waals surface area contributed by atoms with Gasteiger partial charge in [0.2, 0.25) is 23.5 Å². The van der Waals surface area contributed by atoms with Crippen molar-refractivity contribution in [2.75, 3.05) is 20.7 Å². The summed E-state index contributed by atoms with van der Waals surface area (Å²) in [5, 5.41) is 12.6. The summed E-state index contributed by atoms with van der Waals surface area (Å²) < 4.78 is 5.54. The molecule has 2 aliphatic heterocycles. The molecule has 1 saturated heterocycles. The number of Topliss-reactive ketones (excluding diaryl/α,β-unsaturated/α-hetero) is 1. The van der Waals surface area contributed by atoms with Crippen LogP contribution in [0.25, 0.3) is 0 Å². The fourth-order valence-corrected chi connectivity index (χ4v) is 7.45. The Hall–Kier alpha value is -4.74. The lowest BCUT2D eigenvalue weighted by molar-refractivity contribution is -0.145. The number of ether oxygens (including phenoxy) is 1. The molecule has 2 aromatic rings. The monoisotopic (exact) mass is 701 g/mol. The summed E-state index contributed by atoms with van der Waals surface area (Å²) in [6.07, 6.45) is 1.90. The Bertz CT molecular complexity index is 1690. The van der Waals surface area contributed by atoms with E-state index in [2.05, 4.69) is 21.1 Å². The molecule has 51 heavy (non-hydrogen) atoms. The predicted octanol–water partition coefficient (Wildman–Crippen LogP) is 3.71. The van der Waals surface area contributed by atoms with Gasteiger partial charge >= 0.3 is 0 Å². The number of likely N-dealkylation sites (tertiary alicyclic amines) is 1. The Morgan fingerprint density at radius 2 is 1.71 bits per heavy atom. The summed E-state index contributed by atoms with van der Waals surface area (Å²) in [5.74, 6) is -2.18. The van der Waals surface area contributed by atoms with Gasteiger partial charge in [0.15, 0.2) is 5.60 Å². The van der Waals surface area contributed by atoms with E-state index in [-0.39, 0.29) is 37.1 Å². The van der Waals surface area contributed by atoms with Crippen molar-refractivity contribution in [2.24, 2.45) is 16.5 Å². The van der Waals surface area contributed by atoms with Gasteiger partial charge in [-0.25, -0.2) is 0 Å². The van der Waals surface area contributed by atoms with Gasteiger partial charge in [-0.2, -0.15) is 0 Å². The number of hydrogen-bond donors (Lipinski definition) is 3. The largest absolute Gasteiger partial charge is 0.496 e. The zero-order valence-electron chi connectivity index (χ0n) is 30.9. The van der Waals surface area contributed by atoms with Crippen LogP contribution in [0.1, 0.15) is 88.0 Å². The zero-order valence-corrected chi connectivity index (χ0v) is 30.9. The molecule has 3 N–H and O–H groups in total. The summed E-state index contributed by atoms with van der Waals surface area (Å²) in [7, 11) is 2.99. The van der Waals surface area contributed by atoms with Crippen LogP contribution in [0.15, 0.2) is 47.6 Å². The Labute approximate surface area is 300 Å². The number of benzene rings is 2. The number of methoxy groups -OCH3 is 1. The first-order valence-electron chi connectivity index (χ1n) is 17.8. The molecule has 2 fully saturated rings. The van der Waals surface area contributed by atoms with Crippen LogP contribution in [0, 0.1) is 25.2 Å². The highest BCUT2D eigenvalue weighted by atomic mass is 16.7. The number of amides is 4. The van der Waals surface area contributed by atoms with Crippen molar-refractivity contribution in [3.63, 3.8) is 0 Å². The number of carbonyl (C=O) groups is 5. The van der Waals surface area contributed by atoms with Gasteiger partial charge < -0.3 is 30.4 Å². The minimum absolute atomic E-state index is 0.0331. The molecule has 2 aromatic carbocycles. The van der Waals surface area contributed by atoms with Gasteiger partial charge in [-0.3, -0.25) is 24.0 Å². The van der Waals surface area contributed by atoms with E-state index in [0.29, 0.717) is 25.0 Å². The van der Waals surface area contributed by atoms with Crippen molar-refractivity contribution in [1.29, 1.82) is 0 Å². The van der Waals surface area contributed by atoms with Crippen LogP contribution < -0.4 is 20.7 Å². The molecular weight excluding hydrogens is 650 g/mol. The van der Waals surface area contributed by atoms with Crippen LogP contribution >= 0.6 is 0 Å². The summed E-state index contributed by atoms with van der Waals surface area (Å²) in [5.41, 5.74) is 2.75. The molecule has 274 valence electrons. The lowest BCUT2D eigenvalue weighted by Crippen LogP contribution is -2.59. The van der Waals surface area contributed by atoms with E-state index in [9.17, 15) is 24.0 Å². The summed E-state index contributed by atoms with van der Waals surface area (Å²) >= 11 is 0. The van der Waals surface area contributed by atoms with Crippen LogP contribution in [0.5, 0.6) is 5.75 Å². The number of likely N-dealkylation sites (N-methyl/N-ethyl adjacent to an activating group) is 1. The van der Waals surface area contributed by atoms with Crippen LogP contribution in [0.4, 0.5) is 0 Å². The lowest BCUT2D eigenvalue weighted by Gasteiger charge is -2.35. The predicted molar refractivity (Wildman–Crippen MR) is 192 cm³/mol. The molecule has 4 amide bonds. The number of rotatable bonds is 12. The second kappa shape index (κ2) is 14.9.